The molecular formula is C20H21N3O2. The number of carboxylic acid groups (broad SMARTS) is 1. The van der Waals surface area contributed by atoms with Crippen molar-refractivity contribution in [1.82, 2.24) is 9.55 Å². The van der Waals surface area contributed by atoms with E-state index in [-0.39, 0.29) is 6.42 Å². The second kappa shape index (κ2) is 7.66. The fourth-order valence-corrected chi connectivity index (χ4v) is 2.71. The number of aliphatic carboxylic acids is 1. The second-order valence-corrected chi connectivity index (χ2v) is 5.90. The Bertz CT molecular complexity index is 912. The number of carboxylic acids is 1. The van der Waals surface area contributed by atoms with E-state index in [1.54, 1.807) is 0 Å². The van der Waals surface area contributed by atoms with Gasteiger partial charge in [-0.1, -0.05) is 30.3 Å². The molecule has 3 rings (SSSR count). The fraction of sp³-hybridized carbons (Fsp3) is 0.200. The van der Waals surface area contributed by atoms with Gasteiger partial charge in [-0.05, 0) is 42.3 Å². The second-order valence-electron chi connectivity index (χ2n) is 5.90. The van der Waals surface area contributed by atoms with Crippen molar-refractivity contribution in [3.8, 4) is 0 Å². The van der Waals surface area contributed by atoms with E-state index in [9.17, 15) is 4.79 Å². The largest absolute Gasteiger partial charge is 0.481 e. The Hall–Kier alpha value is -3.08. The summed E-state index contributed by atoms with van der Waals surface area (Å²) in [5, 5.41) is 11.9. The van der Waals surface area contributed by atoms with Crippen molar-refractivity contribution >= 4 is 34.8 Å². The lowest BCUT2D eigenvalue weighted by Crippen LogP contribution is -2.04. The summed E-state index contributed by atoms with van der Waals surface area (Å²) < 4.78 is 2.07. The lowest BCUT2D eigenvalue weighted by Gasteiger charge is -2.06. The number of aryl methyl sites for hydroxylation is 1. The van der Waals surface area contributed by atoms with Crippen LogP contribution in [0.5, 0.6) is 0 Å². The molecule has 0 unspecified atom stereocenters. The minimum Gasteiger partial charge on any atom is -0.481 e. The molecule has 0 fully saturated rings. The molecule has 1 heterocycles. The molecule has 1 aromatic heterocycles. The smallest absolute Gasteiger partial charge is 0.303 e. The Kier molecular flexibility index (Phi) is 5.14. The van der Waals surface area contributed by atoms with E-state index in [0.29, 0.717) is 13.0 Å². The van der Waals surface area contributed by atoms with Gasteiger partial charge in [0.1, 0.15) is 5.82 Å². The minimum atomic E-state index is -0.763. The van der Waals surface area contributed by atoms with Gasteiger partial charge < -0.3 is 15.0 Å². The Balaban J connectivity index is 1.69. The topological polar surface area (TPSA) is 67.2 Å². The van der Waals surface area contributed by atoms with Crippen molar-refractivity contribution in [2.24, 2.45) is 7.05 Å². The number of anilines is 1. The zero-order valence-corrected chi connectivity index (χ0v) is 14.1. The first-order valence-corrected chi connectivity index (χ1v) is 8.29. The quantitative estimate of drug-likeness (QED) is 0.640. The summed E-state index contributed by atoms with van der Waals surface area (Å²) in [5.74, 6) is 0.141. The number of hydrogen-bond acceptors (Lipinski definition) is 3. The van der Waals surface area contributed by atoms with Crippen LogP contribution in [-0.4, -0.2) is 27.2 Å². The predicted molar refractivity (Wildman–Crippen MR) is 101 cm³/mol. The number of benzene rings is 2. The first-order chi connectivity index (χ1) is 12.1. The van der Waals surface area contributed by atoms with E-state index in [0.717, 1.165) is 28.1 Å². The van der Waals surface area contributed by atoms with Gasteiger partial charge in [-0.15, -0.1) is 0 Å². The van der Waals surface area contributed by atoms with Crippen LogP contribution in [0, 0.1) is 0 Å². The van der Waals surface area contributed by atoms with Gasteiger partial charge in [-0.3, -0.25) is 4.79 Å². The Labute approximate surface area is 146 Å². The van der Waals surface area contributed by atoms with E-state index < -0.39 is 5.97 Å². The standard InChI is InChI=1S/C20H21N3O2/c1-23-18-9-3-2-8-17(18)22-19(23)12-11-15-6-4-7-16(14-15)21-13-5-10-20(24)25/h2-4,6-9,11-12,14,21H,5,10,13H2,1H3,(H,24,25)/b12-11+. The van der Waals surface area contributed by atoms with Crippen LogP contribution in [0.3, 0.4) is 0 Å². The third kappa shape index (κ3) is 4.26. The van der Waals surface area contributed by atoms with Crippen LogP contribution < -0.4 is 5.32 Å². The SMILES string of the molecule is Cn1c(/C=C/c2cccc(NCCCC(=O)O)c2)nc2ccccc21. The Morgan fingerprint density at radius 2 is 2.04 bits per heavy atom. The van der Waals surface area contributed by atoms with Crippen molar-refractivity contribution in [3.05, 3.63) is 59.9 Å². The highest BCUT2D eigenvalue weighted by Gasteiger charge is 2.03. The zero-order valence-electron chi connectivity index (χ0n) is 14.1. The number of nitrogens with one attached hydrogen (secondary N) is 1. The van der Waals surface area contributed by atoms with Crippen LogP contribution in [0.1, 0.15) is 24.2 Å². The molecule has 128 valence electrons. The van der Waals surface area contributed by atoms with Gasteiger partial charge in [0.05, 0.1) is 11.0 Å². The normalized spacial score (nSPS) is 11.2. The zero-order chi connectivity index (χ0) is 17.6. The van der Waals surface area contributed by atoms with Crippen LogP contribution >= 0.6 is 0 Å². The summed E-state index contributed by atoms with van der Waals surface area (Å²) in [4.78, 5) is 15.2. The van der Waals surface area contributed by atoms with Crippen molar-refractivity contribution < 1.29 is 9.90 Å². The lowest BCUT2D eigenvalue weighted by atomic mass is 10.2. The van der Waals surface area contributed by atoms with Crippen molar-refractivity contribution in [2.75, 3.05) is 11.9 Å². The predicted octanol–water partition coefficient (Wildman–Crippen LogP) is 4.02. The number of hydrogen-bond donors (Lipinski definition) is 2. The molecule has 25 heavy (non-hydrogen) atoms. The molecule has 2 N–H and O–H groups in total. The summed E-state index contributed by atoms with van der Waals surface area (Å²) in [6, 6.07) is 16.1. The Morgan fingerprint density at radius 1 is 1.20 bits per heavy atom. The lowest BCUT2D eigenvalue weighted by molar-refractivity contribution is -0.137. The minimum absolute atomic E-state index is 0.180. The number of nitrogens with zero attached hydrogens (tertiary/aromatic N) is 2. The molecule has 0 saturated carbocycles. The molecule has 0 aliphatic rings. The van der Waals surface area contributed by atoms with E-state index in [2.05, 4.69) is 20.9 Å². The molecule has 0 radical (unpaired) electrons. The summed E-state index contributed by atoms with van der Waals surface area (Å²) in [7, 11) is 2.01. The molecule has 3 aromatic rings. The molecular weight excluding hydrogens is 314 g/mol. The van der Waals surface area contributed by atoms with Gasteiger partial charge in [-0.25, -0.2) is 4.98 Å². The van der Waals surface area contributed by atoms with Crippen molar-refractivity contribution in [3.63, 3.8) is 0 Å². The summed E-state index contributed by atoms with van der Waals surface area (Å²) >= 11 is 0. The number of para-hydroxylation sites is 2. The van der Waals surface area contributed by atoms with Crippen LogP contribution in [-0.2, 0) is 11.8 Å². The maximum absolute atomic E-state index is 10.5. The van der Waals surface area contributed by atoms with Crippen LogP contribution in [0.15, 0.2) is 48.5 Å². The summed E-state index contributed by atoms with van der Waals surface area (Å²) in [6.45, 7) is 0.643. The first-order valence-electron chi connectivity index (χ1n) is 8.29. The summed E-state index contributed by atoms with van der Waals surface area (Å²) in [6.07, 6.45) is 4.82. The van der Waals surface area contributed by atoms with Crippen molar-refractivity contribution in [2.45, 2.75) is 12.8 Å². The van der Waals surface area contributed by atoms with E-state index in [1.165, 1.54) is 0 Å². The van der Waals surface area contributed by atoms with Gasteiger partial charge in [0.15, 0.2) is 0 Å². The third-order valence-corrected chi connectivity index (χ3v) is 4.03. The van der Waals surface area contributed by atoms with Crippen molar-refractivity contribution in [1.29, 1.82) is 0 Å². The molecule has 5 nitrogen and oxygen atoms in total. The Morgan fingerprint density at radius 3 is 2.84 bits per heavy atom. The van der Waals surface area contributed by atoms with Gasteiger partial charge in [0.2, 0.25) is 0 Å². The molecule has 2 aromatic carbocycles. The van der Waals surface area contributed by atoms with E-state index in [4.69, 9.17) is 5.11 Å². The maximum Gasteiger partial charge on any atom is 0.303 e. The summed E-state index contributed by atoms with van der Waals surface area (Å²) in [5.41, 5.74) is 4.14. The molecule has 0 saturated heterocycles. The van der Waals surface area contributed by atoms with Crippen LogP contribution in [0.25, 0.3) is 23.2 Å². The number of fused-ring (bicyclic) bond motifs is 1. The van der Waals surface area contributed by atoms with E-state index >= 15 is 0 Å². The highest BCUT2D eigenvalue weighted by atomic mass is 16.4. The molecule has 0 aliphatic heterocycles. The number of carbonyl (C=O) groups is 1. The average molecular weight is 335 g/mol. The van der Waals surface area contributed by atoms with Gasteiger partial charge in [0, 0.05) is 25.7 Å². The molecule has 5 heteroatoms. The molecule has 0 spiro atoms. The van der Waals surface area contributed by atoms with Crippen LogP contribution in [0.2, 0.25) is 0 Å². The molecule has 0 aliphatic carbocycles. The number of imidazole rings is 1. The van der Waals surface area contributed by atoms with Gasteiger partial charge in [0.25, 0.3) is 0 Å². The maximum atomic E-state index is 10.5. The highest BCUT2D eigenvalue weighted by molar-refractivity contribution is 5.80. The molecule has 0 bridgehead atoms. The first kappa shape index (κ1) is 16.8. The molecule has 0 atom stereocenters. The van der Waals surface area contributed by atoms with Gasteiger partial charge >= 0.3 is 5.97 Å². The van der Waals surface area contributed by atoms with E-state index in [1.807, 2.05) is 61.7 Å². The molecule has 0 amide bonds. The fourth-order valence-electron chi connectivity index (χ4n) is 2.71. The highest BCUT2D eigenvalue weighted by Crippen LogP contribution is 2.17. The van der Waals surface area contributed by atoms with Crippen LogP contribution in [0.4, 0.5) is 5.69 Å². The third-order valence-electron chi connectivity index (χ3n) is 4.03. The number of aromatic nitrogens is 2. The average Bonchev–Trinajstić information content (AvgIpc) is 2.94. The monoisotopic (exact) mass is 335 g/mol. The van der Waals surface area contributed by atoms with Gasteiger partial charge in [-0.2, -0.15) is 0 Å². The number of rotatable bonds is 7.